The summed E-state index contributed by atoms with van der Waals surface area (Å²) in [6.07, 6.45) is 0.601. The van der Waals surface area contributed by atoms with Gasteiger partial charge in [-0.05, 0) is 26.3 Å². The summed E-state index contributed by atoms with van der Waals surface area (Å²) in [6, 6.07) is 8.23. The van der Waals surface area contributed by atoms with Crippen LogP contribution in [0.5, 0.6) is 0 Å². The highest BCUT2D eigenvalue weighted by Crippen LogP contribution is 2.26. The van der Waals surface area contributed by atoms with Crippen molar-refractivity contribution < 1.29 is 5.11 Å². The molecule has 0 radical (unpaired) electrons. The minimum absolute atomic E-state index is 0.601. The number of thiazole rings is 1. The molecule has 2 aromatic rings. The third-order valence-corrected chi connectivity index (χ3v) is 3.41. The van der Waals surface area contributed by atoms with Crippen LogP contribution in [0.4, 0.5) is 0 Å². The normalized spacial score (nSPS) is 11.8. The Hall–Kier alpha value is -1.19. The van der Waals surface area contributed by atoms with E-state index < -0.39 is 5.60 Å². The Kier molecular flexibility index (Phi) is 3.31. The van der Waals surface area contributed by atoms with Gasteiger partial charge in [0.15, 0.2) is 0 Å². The smallest absolute Gasteiger partial charge is 0.0961 e. The molecule has 0 unspecified atom stereocenters. The van der Waals surface area contributed by atoms with Gasteiger partial charge >= 0.3 is 0 Å². The SMILES string of the molecule is Cc1ccccc1-c1csc(CC(C)(C)O)n1. The van der Waals surface area contributed by atoms with E-state index in [9.17, 15) is 5.11 Å². The molecule has 0 saturated heterocycles. The van der Waals surface area contributed by atoms with Crippen LogP contribution in [0.3, 0.4) is 0 Å². The number of aromatic nitrogens is 1. The molecule has 0 saturated carbocycles. The fraction of sp³-hybridized carbons (Fsp3) is 0.357. The van der Waals surface area contributed by atoms with Crippen molar-refractivity contribution in [2.24, 2.45) is 0 Å². The highest BCUT2D eigenvalue weighted by Gasteiger charge is 2.16. The molecule has 0 spiro atoms. The van der Waals surface area contributed by atoms with Gasteiger partial charge in [0.05, 0.1) is 16.3 Å². The van der Waals surface area contributed by atoms with E-state index in [1.807, 2.05) is 26.0 Å². The molecule has 0 fully saturated rings. The van der Waals surface area contributed by atoms with E-state index in [-0.39, 0.29) is 0 Å². The lowest BCUT2D eigenvalue weighted by Gasteiger charge is -2.14. The molecular weight excluding hydrogens is 230 g/mol. The summed E-state index contributed by atoms with van der Waals surface area (Å²) < 4.78 is 0. The molecular formula is C14H17NOS. The summed E-state index contributed by atoms with van der Waals surface area (Å²) in [5.74, 6) is 0. The molecule has 0 amide bonds. The summed E-state index contributed by atoms with van der Waals surface area (Å²) >= 11 is 1.61. The second kappa shape index (κ2) is 4.59. The number of benzene rings is 1. The molecule has 0 atom stereocenters. The lowest BCUT2D eigenvalue weighted by atomic mass is 10.1. The number of hydrogen-bond donors (Lipinski definition) is 1. The predicted octanol–water partition coefficient (Wildman–Crippen LogP) is 3.43. The first-order valence-corrected chi connectivity index (χ1v) is 6.56. The molecule has 1 N–H and O–H groups in total. The van der Waals surface area contributed by atoms with E-state index in [1.165, 1.54) is 11.1 Å². The largest absolute Gasteiger partial charge is 0.390 e. The van der Waals surface area contributed by atoms with Crippen LogP contribution in [0.15, 0.2) is 29.6 Å². The molecule has 90 valence electrons. The summed E-state index contributed by atoms with van der Waals surface area (Å²) in [4.78, 5) is 4.59. The van der Waals surface area contributed by atoms with E-state index in [0.717, 1.165) is 10.7 Å². The Balaban J connectivity index is 2.28. The first kappa shape index (κ1) is 12.3. The fourth-order valence-electron chi connectivity index (χ4n) is 1.75. The van der Waals surface area contributed by atoms with Gasteiger partial charge in [-0.15, -0.1) is 11.3 Å². The van der Waals surface area contributed by atoms with Crippen molar-refractivity contribution in [1.29, 1.82) is 0 Å². The van der Waals surface area contributed by atoms with Crippen LogP contribution < -0.4 is 0 Å². The molecule has 0 bridgehead atoms. The molecule has 2 rings (SSSR count). The van der Waals surface area contributed by atoms with E-state index in [1.54, 1.807) is 11.3 Å². The molecule has 1 aromatic heterocycles. The van der Waals surface area contributed by atoms with Crippen molar-refractivity contribution in [3.63, 3.8) is 0 Å². The van der Waals surface area contributed by atoms with Crippen LogP contribution in [-0.4, -0.2) is 15.7 Å². The highest BCUT2D eigenvalue weighted by molar-refractivity contribution is 7.09. The molecule has 1 aromatic carbocycles. The van der Waals surface area contributed by atoms with Gasteiger partial charge in [-0.3, -0.25) is 0 Å². The number of nitrogens with zero attached hydrogens (tertiary/aromatic N) is 1. The van der Waals surface area contributed by atoms with Crippen molar-refractivity contribution >= 4 is 11.3 Å². The van der Waals surface area contributed by atoms with E-state index in [4.69, 9.17) is 0 Å². The standard InChI is InChI=1S/C14H17NOS/c1-10-6-4-5-7-11(10)12-9-17-13(15-12)8-14(2,3)16/h4-7,9,16H,8H2,1-3H3. The van der Waals surface area contributed by atoms with Gasteiger partial charge in [0.1, 0.15) is 0 Å². The van der Waals surface area contributed by atoms with Crippen LogP contribution in [0, 0.1) is 6.92 Å². The predicted molar refractivity (Wildman–Crippen MR) is 72.3 cm³/mol. The maximum absolute atomic E-state index is 9.77. The summed E-state index contributed by atoms with van der Waals surface area (Å²) in [5.41, 5.74) is 2.71. The van der Waals surface area contributed by atoms with Crippen LogP contribution >= 0.6 is 11.3 Å². The monoisotopic (exact) mass is 247 g/mol. The maximum atomic E-state index is 9.77. The van der Waals surface area contributed by atoms with Crippen molar-refractivity contribution in [2.45, 2.75) is 32.8 Å². The molecule has 0 aliphatic rings. The summed E-state index contributed by atoms with van der Waals surface area (Å²) in [7, 11) is 0. The van der Waals surface area contributed by atoms with Gasteiger partial charge < -0.3 is 5.11 Å². The Labute approximate surface area is 106 Å². The van der Waals surface area contributed by atoms with Gasteiger partial charge in [-0.1, -0.05) is 24.3 Å². The summed E-state index contributed by atoms with van der Waals surface area (Å²) in [5, 5.41) is 12.8. The van der Waals surface area contributed by atoms with Crippen LogP contribution in [-0.2, 0) is 6.42 Å². The average Bonchev–Trinajstić information content (AvgIpc) is 2.64. The molecule has 0 aliphatic carbocycles. The van der Waals surface area contributed by atoms with Gasteiger partial charge in [-0.25, -0.2) is 4.98 Å². The fourth-order valence-corrected chi connectivity index (χ4v) is 2.76. The molecule has 2 nitrogen and oxygen atoms in total. The van der Waals surface area contributed by atoms with E-state index >= 15 is 0 Å². The average molecular weight is 247 g/mol. The second-order valence-electron chi connectivity index (χ2n) is 4.93. The van der Waals surface area contributed by atoms with E-state index in [2.05, 4.69) is 29.4 Å². The van der Waals surface area contributed by atoms with Crippen LogP contribution in [0.1, 0.15) is 24.4 Å². The van der Waals surface area contributed by atoms with Crippen molar-refractivity contribution in [1.82, 2.24) is 4.98 Å². The Bertz CT molecular complexity index is 511. The van der Waals surface area contributed by atoms with Gasteiger partial charge in [0.25, 0.3) is 0 Å². The minimum atomic E-state index is -0.694. The quantitative estimate of drug-likeness (QED) is 0.901. The number of aryl methyl sites for hydroxylation is 1. The van der Waals surface area contributed by atoms with E-state index in [0.29, 0.717) is 6.42 Å². The summed E-state index contributed by atoms with van der Waals surface area (Å²) in [6.45, 7) is 5.70. The lowest BCUT2D eigenvalue weighted by Crippen LogP contribution is -2.21. The number of hydrogen-bond acceptors (Lipinski definition) is 3. The third-order valence-electron chi connectivity index (χ3n) is 2.56. The second-order valence-corrected chi connectivity index (χ2v) is 5.87. The van der Waals surface area contributed by atoms with Crippen molar-refractivity contribution in [3.05, 3.63) is 40.2 Å². The van der Waals surface area contributed by atoms with Crippen molar-refractivity contribution in [3.8, 4) is 11.3 Å². The maximum Gasteiger partial charge on any atom is 0.0961 e. The third kappa shape index (κ3) is 3.14. The Morgan fingerprint density at radius 3 is 2.65 bits per heavy atom. The zero-order chi connectivity index (χ0) is 12.5. The van der Waals surface area contributed by atoms with Crippen LogP contribution in [0.25, 0.3) is 11.3 Å². The first-order valence-electron chi connectivity index (χ1n) is 5.68. The minimum Gasteiger partial charge on any atom is -0.390 e. The first-order chi connectivity index (χ1) is 7.96. The molecule has 17 heavy (non-hydrogen) atoms. The van der Waals surface area contributed by atoms with Gasteiger partial charge in [-0.2, -0.15) is 0 Å². The molecule has 3 heteroatoms. The number of aliphatic hydroxyl groups is 1. The molecule has 1 heterocycles. The Morgan fingerprint density at radius 1 is 1.29 bits per heavy atom. The lowest BCUT2D eigenvalue weighted by molar-refractivity contribution is 0.0809. The topological polar surface area (TPSA) is 33.1 Å². The number of rotatable bonds is 3. The Morgan fingerprint density at radius 2 is 2.00 bits per heavy atom. The highest BCUT2D eigenvalue weighted by atomic mass is 32.1. The van der Waals surface area contributed by atoms with Gasteiger partial charge in [0.2, 0.25) is 0 Å². The van der Waals surface area contributed by atoms with Crippen molar-refractivity contribution in [2.75, 3.05) is 0 Å². The zero-order valence-corrected chi connectivity index (χ0v) is 11.2. The van der Waals surface area contributed by atoms with Crippen LogP contribution in [0.2, 0.25) is 0 Å². The zero-order valence-electron chi connectivity index (χ0n) is 10.4. The molecule has 0 aliphatic heterocycles. The van der Waals surface area contributed by atoms with Gasteiger partial charge in [0, 0.05) is 17.4 Å².